The molecular weight excluding hydrogens is 398 g/mol. The molecule has 3 heterocycles. The highest BCUT2D eigenvalue weighted by Gasteiger charge is 2.48. The molecular formula is C24H19NO6. The van der Waals surface area contributed by atoms with Gasteiger partial charge in [-0.05, 0) is 49.4 Å². The van der Waals surface area contributed by atoms with E-state index in [-0.39, 0.29) is 11.3 Å². The van der Waals surface area contributed by atoms with Gasteiger partial charge in [-0.15, -0.1) is 0 Å². The van der Waals surface area contributed by atoms with E-state index in [2.05, 4.69) is 0 Å². The molecule has 2 aromatic carbocycles. The van der Waals surface area contributed by atoms with Crippen LogP contribution in [0.3, 0.4) is 0 Å². The number of rotatable bonds is 3. The minimum Gasteiger partial charge on any atom is -0.507 e. The number of aliphatic hydroxyl groups is 1. The first-order chi connectivity index (χ1) is 15.0. The number of benzene rings is 2. The standard InChI is InChI=1S/C24H19NO6/c1-14-4-7-16(8-5-14)25-21(18-3-2-10-29-18)20(23(27)24(25)28)22(26)15-6-9-17-19(13-15)31-12-11-30-17/h2-10,13,21,26H,11-12H2,1H3/b22-20-. The summed E-state index contributed by atoms with van der Waals surface area (Å²) in [5.41, 5.74) is 1.86. The van der Waals surface area contributed by atoms with Crippen molar-refractivity contribution < 1.29 is 28.6 Å². The maximum absolute atomic E-state index is 13.1. The third-order valence-electron chi connectivity index (χ3n) is 5.38. The SMILES string of the molecule is Cc1ccc(N2C(=O)C(=O)/C(=C(\O)c3ccc4c(c3)OCCO4)C2c2ccco2)cc1. The van der Waals surface area contributed by atoms with Crippen LogP contribution in [0.15, 0.2) is 70.9 Å². The topological polar surface area (TPSA) is 89.2 Å². The number of nitrogens with zero attached hydrogens (tertiary/aromatic N) is 1. The van der Waals surface area contributed by atoms with E-state index in [1.807, 2.05) is 19.1 Å². The van der Waals surface area contributed by atoms with Crippen molar-refractivity contribution in [2.45, 2.75) is 13.0 Å². The van der Waals surface area contributed by atoms with Crippen LogP contribution in [0.4, 0.5) is 5.69 Å². The van der Waals surface area contributed by atoms with Crippen LogP contribution >= 0.6 is 0 Å². The molecule has 7 heteroatoms. The van der Waals surface area contributed by atoms with E-state index in [0.29, 0.717) is 41.7 Å². The van der Waals surface area contributed by atoms with Gasteiger partial charge in [-0.3, -0.25) is 14.5 Å². The highest BCUT2D eigenvalue weighted by molar-refractivity contribution is 6.51. The Hall–Kier alpha value is -4.00. The molecule has 7 nitrogen and oxygen atoms in total. The maximum atomic E-state index is 13.1. The van der Waals surface area contributed by atoms with Crippen molar-refractivity contribution in [3.05, 3.63) is 83.3 Å². The second-order valence-corrected chi connectivity index (χ2v) is 7.38. The molecule has 2 aliphatic rings. The van der Waals surface area contributed by atoms with Crippen LogP contribution in [0.2, 0.25) is 0 Å². The van der Waals surface area contributed by atoms with Crippen molar-refractivity contribution >= 4 is 23.1 Å². The molecule has 0 radical (unpaired) electrons. The van der Waals surface area contributed by atoms with E-state index >= 15 is 0 Å². The number of hydrogen-bond donors (Lipinski definition) is 1. The smallest absolute Gasteiger partial charge is 0.300 e. The summed E-state index contributed by atoms with van der Waals surface area (Å²) in [6.07, 6.45) is 1.47. The molecule has 156 valence electrons. The lowest BCUT2D eigenvalue weighted by molar-refractivity contribution is -0.132. The van der Waals surface area contributed by atoms with E-state index in [0.717, 1.165) is 5.56 Å². The molecule has 0 bridgehead atoms. The highest BCUT2D eigenvalue weighted by atomic mass is 16.6. The number of carbonyl (C=O) groups excluding carboxylic acids is 2. The number of furan rings is 1. The van der Waals surface area contributed by atoms with Gasteiger partial charge in [0.15, 0.2) is 11.5 Å². The third-order valence-corrected chi connectivity index (χ3v) is 5.38. The number of aliphatic hydroxyl groups excluding tert-OH is 1. The minimum atomic E-state index is -0.897. The third kappa shape index (κ3) is 3.15. The minimum absolute atomic E-state index is 0.0443. The predicted octanol–water partition coefficient (Wildman–Crippen LogP) is 3.99. The quantitative estimate of drug-likeness (QED) is 0.394. The second-order valence-electron chi connectivity index (χ2n) is 7.38. The summed E-state index contributed by atoms with van der Waals surface area (Å²) in [4.78, 5) is 27.4. The molecule has 1 amide bonds. The lowest BCUT2D eigenvalue weighted by atomic mass is 9.99. The number of amides is 1. The van der Waals surface area contributed by atoms with Gasteiger partial charge in [0.1, 0.15) is 30.8 Å². The van der Waals surface area contributed by atoms with Gasteiger partial charge in [0.25, 0.3) is 11.7 Å². The Morgan fingerprint density at radius 2 is 1.74 bits per heavy atom. The van der Waals surface area contributed by atoms with Crippen molar-refractivity contribution in [1.29, 1.82) is 0 Å². The van der Waals surface area contributed by atoms with Crippen molar-refractivity contribution in [3.63, 3.8) is 0 Å². The summed E-state index contributed by atoms with van der Waals surface area (Å²) in [6.45, 7) is 2.77. The molecule has 1 fully saturated rings. The van der Waals surface area contributed by atoms with E-state index in [4.69, 9.17) is 13.9 Å². The summed E-state index contributed by atoms with van der Waals surface area (Å²) in [6, 6.07) is 14.6. The molecule has 1 atom stereocenters. The van der Waals surface area contributed by atoms with Gasteiger partial charge in [-0.2, -0.15) is 0 Å². The Bertz CT molecular complexity index is 1190. The second kappa shape index (κ2) is 7.36. The van der Waals surface area contributed by atoms with Crippen LogP contribution in [-0.2, 0) is 9.59 Å². The monoisotopic (exact) mass is 417 g/mol. The van der Waals surface area contributed by atoms with E-state index in [1.54, 1.807) is 42.5 Å². The Balaban J connectivity index is 1.66. The molecule has 1 N–H and O–H groups in total. The summed E-state index contributed by atoms with van der Waals surface area (Å²) in [5.74, 6) is -0.410. The largest absolute Gasteiger partial charge is 0.507 e. The highest BCUT2D eigenvalue weighted by Crippen LogP contribution is 2.43. The predicted molar refractivity (Wildman–Crippen MR) is 112 cm³/mol. The Labute approximate surface area is 178 Å². The first-order valence-corrected chi connectivity index (χ1v) is 9.85. The van der Waals surface area contributed by atoms with Crippen LogP contribution in [0.25, 0.3) is 5.76 Å². The Morgan fingerprint density at radius 1 is 1.00 bits per heavy atom. The van der Waals surface area contributed by atoms with Crippen molar-refractivity contribution in [3.8, 4) is 11.5 Å². The molecule has 1 saturated heterocycles. The van der Waals surface area contributed by atoms with Gasteiger partial charge in [0.2, 0.25) is 0 Å². The van der Waals surface area contributed by atoms with Gasteiger partial charge in [-0.1, -0.05) is 17.7 Å². The lowest BCUT2D eigenvalue weighted by Crippen LogP contribution is -2.29. The zero-order valence-corrected chi connectivity index (χ0v) is 16.7. The Morgan fingerprint density at radius 3 is 2.45 bits per heavy atom. The number of carbonyl (C=O) groups is 2. The van der Waals surface area contributed by atoms with E-state index in [1.165, 1.54) is 11.2 Å². The van der Waals surface area contributed by atoms with Gasteiger partial charge < -0.3 is 19.0 Å². The molecule has 0 saturated carbocycles. The molecule has 1 aromatic heterocycles. The number of ether oxygens (including phenoxy) is 2. The number of Topliss-reactive ketones (excluding diaryl/α,β-unsaturated/α-hetero) is 1. The number of hydrogen-bond acceptors (Lipinski definition) is 6. The van der Waals surface area contributed by atoms with Crippen LogP contribution in [-0.4, -0.2) is 30.0 Å². The van der Waals surface area contributed by atoms with Gasteiger partial charge in [0, 0.05) is 11.3 Å². The molecule has 3 aromatic rings. The van der Waals surface area contributed by atoms with E-state index < -0.39 is 17.7 Å². The summed E-state index contributed by atoms with van der Waals surface area (Å²) < 4.78 is 16.7. The van der Waals surface area contributed by atoms with Crippen molar-refractivity contribution in [2.24, 2.45) is 0 Å². The van der Waals surface area contributed by atoms with Gasteiger partial charge in [-0.25, -0.2) is 0 Å². The van der Waals surface area contributed by atoms with Gasteiger partial charge >= 0.3 is 0 Å². The number of fused-ring (bicyclic) bond motifs is 1. The number of anilines is 1. The normalized spacial score (nSPS) is 19.6. The summed E-state index contributed by atoms with van der Waals surface area (Å²) in [7, 11) is 0. The summed E-state index contributed by atoms with van der Waals surface area (Å²) >= 11 is 0. The number of aryl methyl sites for hydroxylation is 1. The number of ketones is 1. The van der Waals surface area contributed by atoms with Crippen LogP contribution < -0.4 is 14.4 Å². The van der Waals surface area contributed by atoms with Crippen LogP contribution in [0, 0.1) is 6.92 Å². The first kappa shape index (κ1) is 19.0. The summed E-state index contributed by atoms with van der Waals surface area (Å²) in [5, 5.41) is 11.1. The average Bonchev–Trinajstić information content (AvgIpc) is 3.41. The fourth-order valence-electron chi connectivity index (χ4n) is 3.87. The zero-order chi connectivity index (χ0) is 21.5. The molecule has 0 spiro atoms. The average molecular weight is 417 g/mol. The molecule has 31 heavy (non-hydrogen) atoms. The van der Waals surface area contributed by atoms with Gasteiger partial charge in [0.05, 0.1) is 11.8 Å². The maximum Gasteiger partial charge on any atom is 0.300 e. The fraction of sp³-hybridized carbons (Fsp3) is 0.167. The fourth-order valence-corrected chi connectivity index (χ4v) is 3.87. The first-order valence-electron chi connectivity index (χ1n) is 9.85. The lowest BCUT2D eigenvalue weighted by Gasteiger charge is -2.23. The zero-order valence-electron chi connectivity index (χ0n) is 16.7. The van der Waals surface area contributed by atoms with Crippen molar-refractivity contribution in [1.82, 2.24) is 0 Å². The molecule has 1 unspecified atom stereocenters. The molecule has 2 aliphatic heterocycles. The van der Waals surface area contributed by atoms with Crippen LogP contribution in [0.1, 0.15) is 22.9 Å². The van der Waals surface area contributed by atoms with Crippen LogP contribution in [0.5, 0.6) is 11.5 Å². The van der Waals surface area contributed by atoms with E-state index in [9.17, 15) is 14.7 Å². The Kier molecular flexibility index (Phi) is 4.51. The molecule has 0 aliphatic carbocycles. The van der Waals surface area contributed by atoms with Crippen molar-refractivity contribution in [2.75, 3.05) is 18.1 Å². The molecule has 5 rings (SSSR count).